The number of benzene rings is 1. The zero-order valence-corrected chi connectivity index (χ0v) is 11.8. The van der Waals surface area contributed by atoms with Crippen LogP contribution < -0.4 is 10.5 Å². The van der Waals surface area contributed by atoms with Crippen molar-refractivity contribution in [3.05, 3.63) is 59.4 Å². The SMILES string of the molecule is COc1cncc(C(N)c2oc3ccc(F)cc3c2C)c1. The van der Waals surface area contributed by atoms with E-state index in [1.165, 1.54) is 12.1 Å². The Kier molecular flexibility index (Phi) is 3.35. The molecule has 0 bridgehead atoms. The van der Waals surface area contributed by atoms with Gasteiger partial charge in [0.2, 0.25) is 0 Å². The van der Waals surface area contributed by atoms with E-state index in [9.17, 15) is 4.39 Å². The maximum atomic E-state index is 13.3. The van der Waals surface area contributed by atoms with Gasteiger partial charge in [-0.2, -0.15) is 0 Å². The fourth-order valence-corrected chi connectivity index (χ4v) is 2.38. The van der Waals surface area contributed by atoms with Gasteiger partial charge in [0.1, 0.15) is 22.9 Å². The molecule has 5 heteroatoms. The maximum absolute atomic E-state index is 13.3. The van der Waals surface area contributed by atoms with Crippen LogP contribution >= 0.6 is 0 Å². The molecular formula is C16H15FN2O2. The molecule has 0 aliphatic heterocycles. The molecule has 1 atom stereocenters. The van der Waals surface area contributed by atoms with Crippen LogP contribution in [-0.2, 0) is 0 Å². The Balaban J connectivity index is 2.08. The van der Waals surface area contributed by atoms with Gasteiger partial charge in [0.05, 0.1) is 19.3 Å². The highest BCUT2D eigenvalue weighted by molar-refractivity contribution is 5.82. The summed E-state index contributed by atoms with van der Waals surface area (Å²) < 4.78 is 24.3. The highest BCUT2D eigenvalue weighted by atomic mass is 19.1. The van der Waals surface area contributed by atoms with Gasteiger partial charge in [-0.05, 0) is 36.8 Å². The molecule has 2 aromatic heterocycles. The minimum Gasteiger partial charge on any atom is -0.495 e. The maximum Gasteiger partial charge on any atom is 0.137 e. The summed E-state index contributed by atoms with van der Waals surface area (Å²) in [6.45, 7) is 1.87. The van der Waals surface area contributed by atoms with Crippen molar-refractivity contribution in [2.24, 2.45) is 5.73 Å². The number of aryl methyl sites for hydroxylation is 1. The van der Waals surface area contributed by atoms with Crippen molar-refractivity contribution in [1.82, 2.24) is 4.98 Å². The van der Waals surface area contributed by atoms with E-state index in [4.69, 9.17) is 14.9 Å². The lowest BCUT2D eigenvalue weighted by Gasteiger charge is -2.11. The number of furan rings is 1. The number of rotatable bonds is 3. The second kappa shape index (κ2) is 5.18. The van der Waals surface area contributed by atoms with Crippen LogP contribution in [0.25, 0.3) is 11.0 Å². The predicted molar refractivity (Wildman–Crippen MR) is 77.7 cm³/mol. The monoisotopic (exact) mass is 286 g/mol. The Morgan fingerprint density at radius 2 is 2.10 bits per heavy atom. The van der Waals surface area contributed by atoms with Gasteiger partial charge >= 0.3 is 0 Å². The number of pyridine rings is 1. The summed E-state index contributed by atoms with van der Waals surface area (Å²) in [6, 6.07) is 5.76. The first-order valence-corrected chi connectivity index (χ1v) is 6.53. The van der Waals surface area contributed by atoms with Gasteiger partial charge in [0, 0.05) is 17.1 Å². The Morgan fingerprint density at radius 1 is 1.29 bits per heavy atom. The standard InChI is InChI=1S/C16H15FN2O2/c1-9-13-6-11(17)3-4-14(13)21-16(9)15(18)10-5-12(20-2)8-19-7-10/h3-8,15H,18H2,1-2H3. The van der Waals surface area contributed by atoms with Gasteiger partial charge in [-0.1, -0.05) is 0 Å². The van der Waals surface area contributed by atoms with Crippen molar-refractivity contribution >= 4 is 11.0 Å². The van der Waals surface area contributed by atoms with E-state index in [1.807, 2.05) is 13.0 Å². The molecule has 2 N–H and O–H groups in total. The number of hydrogen-bond acceptors (Lipinski definition) is 4. The van der Waals surface area contributed by atoms with Crippen molar-refractivity contribution in [3.63, 3.8) is 0 Å². The Morgan fingerprint density at radius 3 is 2.86 bits per heavy atom. The second-order valence-corrected chi connectivity index (χ2v) is 4.87. The molecular weight excluding hydrogens is 271 g/mol. The fraction of sp³-hybridized carbons (Fsp3) is 0.188. The van der Waals surface area contributed by atoms with Crippen molar-refractivity contribution in [1.29, 1.82) is 0 Å². The Labute approximate surface area is 121 Å². The number of fused-ring (bicyclic) bond motifs is 1. The molecule has 0 radical (unpaired) electrons. The van der Waals surface area contributed by atoms with E-state index in [2.05, 4.69) is 4.98 Å². The number of ether oxygens (including phenoxy) is 1. The predicted octanol–water partition coefficient (Wildman–Crippen LogP) is 3.33. The molecule has 0 amide bonds. The van der Waals surface area contributed by atoms with E-state index < -0.39 is 6.04 Å². The Bertz CT molecular complexity index is 798. The third-order valence-corrected chi connectivity index (χ3v) is 3.55. The highest BCUT2D eigenvalue weighted by Gasteiger charge is 2.19. The van der Waals surface area contributed by atoms with Crippen LogP contribution in [0.2, 0.25) is 0 Å². The molecule has 4 nitrogen and oxygen atoms in total. The number of nitrogens with two attached hydrogens (primary N) is 1. The third-order valence-electron chi connectivity index (χ3n) is 3.55. The number of methoxy groups -OCH3 is 1. The first-order valence-electron chi connectivity index (χ1n) is 6.53. The molecule has 0 saturated carbocycles. The minimum absolute atomic E-state index is 0.297. The molecule has 108 valence electrons. The lowest BCUT2D eigenvalue weighted by molar-refractivity contribution is 0.411. The van der Waals surface area contributed by atoms with Gasteiger partial charge in [0.25, 0.3) is 0 Å². The quantitative estimate of drug-likeness (QED) is 0.802. The molecule has 2 heterocycles. The highest BCUT2D eigenvalue weighted by Crippen LogP contribution is 2.32. The molecule has 3 rings (SSSR count). The molecule has 1 aromatic carbocycles. The number of hydrogen-bond donors (Lipinski definition) is 1. The average Bonchev–Trinajstić information content (AvgIpc) is 2.83. The summed E-state index contributed by atoms with van der Waals surface area (Å²) in [5, 5.41) is 0.733. The van der Waals surface area contributed by atoms with Crippen molar-refractivity contribution in [2.45, 2.75) is 13.0 Å². The normalized spacial score (nSPS) is 12.6. The van der Waals surface area contributed by atoms with Crippen molar-refractivity contribution in [2.75, 3.05) is 7.11 Å². The van der Waals surface area contributed by atoms with Crippen LogP contribution in [0.3, 0.4) is 0 Å². The zero-order valence-electron chi connectivity index (χ0n) is 11.8. The second-order valence-electron chi connectivity index (χ2n) is 4.87. The van der Waals surface area contributed by atoms with E-state index in [1.54, 1.807) is 25.6 Å². The smallest absolute Gasteiger partial charge is 0.137 e. The minimum atomic E-state index is -0.483. The summed E-state index contributed by atoms with van der Waals surface area (Å²) in [7, 11) is 1.57. The Hall–Kier alpha value is -2.40. The third kappa shape index (κ3) is 2.36. The zero-order chi connectivity index (χ0) is 15.0. The summed E-state index contributed by atoms with van der Waals surface area (Å²) >= 11 is 0. The average molecular weight is 286 g/mol. The van der Waals surface area contributed by atoms with E-state index in [0.29, 0.717) is 17.1 Å². The molecule has 1 unspecified atom stereocenters. The van der Waals surface area contributed by atoms with Crippen molar-refractivity contribution in [3.8, 4) is 5.75 Å². The van der Waals surface area contributed by atoms with Gasteiger partial charge in [-0.15, -0.1) is 0 Å². The first kappa shape index (κ1) is 13.6. The van der Waals surface area contributed by atoms with Crippen LogP contribution in [0.1, 0.15) is 22.9 Å². The van der Waals surface area contributed by atoms with Crippen LogP contribution in [0.4, 0.5) is 4.39 Å². The van der Waals surface area contributed by atoms with E-state index in [-0.39, 0.29) is 5.82 Å². The van der Waals surface area contributed by atoms with Gasteiger partial charge in [-0.3, -0.25) is 4.98 Å². The van der Waals surface area contributed by atoms with Crippen LogP contribution in [-0.4, -0.2) is 12.1 Å². The fourth-order valence-electron chi connectivity index (χ4n) is 2.38. The topological polar surface area (TPSA) is 61.3 Å². The van der Waals surface area contributed by atoms with E-state index in [0.717, 1.165) is 16.5 Å². The lowest BCUT2D eigenvalue weighted by Crippen LogP contribution is -2.12. The van der Waals surface area contributed by atoms with Gasteiger partial charge in [0.15, 0.2) is 0 Å². The van der Waals surface area contributed by atoms with Gasteiger partial charge in [-0.25, -0.2) is 4.39 Å². The number of halogens is 1. The summed E-state index contributed by atoms with van der Waals surface area (Å²) in [4.78, 5) is 4.09. The molecule has 3 aromatic rings. The van der Waals surface area contributed by atoms with Crippen molar-refractivity contribution < 1.29 is 13.5 Å². The molecule has 0 aliphatic rings. The largest absolute Gasteiger partial charge is 0.495 e. The van der Waals surface area contributed by atoms with Gasteiger partial charge < -0.3 is 14.9 Å². The molecule has 0 spiro atoms. The molecule has 0 aliphatic carbocycles. The summed E-state index contributed by atoms with van der Waals surface area (Å²) in [5.74, 6) is 0.933. The number of aromatic nitrogens is 1. The summed E-state index contributed by atoms with van der Waals surface area (Å²) in [5.41, 5.74) is 8.49. The summed E-state index contributed by atoms with van der Waals surface area (Å²) in [6.07, 6.45) is 3.28. The molecule has 0 fully saturated rings. The number of nitrogens with zero attached hydrogens (tertiary/aromatic N) is 1. The van der Waals surface area contributed by atoms with Crippen LogP contribution in [0.15, 0.2) is 41.1 Å². The first-order chi connectivity index (χ1) is 10.1. The lowest BCUT2D eigenvalue weighted by atomic mass is 10.0. The van der Waals surface area contributed by atoms with Crippen LogP contribution in [0.5, 0.6) is 5.75 Å². The van der Waals surface area contributed by atoms with E-state index >= 15 is 0 Å². The molecule has 21 heavy (non-hydrogen) atoms. The van der Waals surface area contributed by atoms with Crippen LogP contribution in [0, 0.1) is 12.7 Å². The molecule has 0 saturated heterocycles.